The number of carbonyl (C=O) groups excluding carboxylic acids is 1. The first kappa shape index (κ1) is 15.1. The summed E-state index contributed by atoms with van der Waals surface area (Å²) in [4.78, 5) is 11.4. The Morgan fingerprint density at radius 3 is 2.00 bits per heavy atom. The van der Waals surface area contributed by atoms with E-state index in [9.17, 15) is 4.79 Å². The molecular formula is C16H26O2. The summed E-state index contributed by atoms with van der Waals surface area (Å²) in [7, 11) is 0. The van der Waals surface area contributed by atoms with E-state index < -0.39 is 0 Å². The van der Waals surface area contributed by atoms with Gasteiger partial charge in [0.1, 0.15) is 0 Å². The molecule has 0 bridgehead atoms. The van der Waals surface area contributed by atoms with Crippen LogP contribution in [0.1, 0.15) is 77.0 Å². The van der Waals surface area contributed by atoms with E-state index in [1.807, 2.05) is 0 Å². The smallest absolute Gasteiger partial charge is 0.305 e. The van der Waals surface area contributed by atoms with Gasteiger partial charge in [-0.3, -0.25) is 4.79 Å². The van der Waals surface area contributed by atoms with Crippen LogP contribution in [0.4, 0.5) is 0 Å². The van der Waals surface area contributed by atoms with Crippen LogP contribution in [0.15, 0.2) is 0 Å². The Hall–Kier alpha value is -0.970. The lowest BCUT2D eigenvalue weighted by Crippen LogP contribution is -2.05. The van der Waals surface area contributed by atoms with Gasteiger partial charge in [-0.05, 0) is 19.3 Å². The summed E-state index contributed by atoms with van der Waals surface area (Å²) in [6.45, 7) is 0.535. The SMILES string of the molecule is O=C1CCCCCCCCCCC#CCCCO1. The maximum Gasteiger partial charge on any atom is 0.305 e. The lowest BCUT2D eigenvalue weighted by Gasteiger charge is -2.03. The van der Waals surface area contributed by atoms with Crippen LogP contribution in [-0.2, 0) is 9.53 Å². The van der Waals surface area contributed by atoms with Crippen molar-refractivity contribution in [2.24, 2.45) is 0 Å². The minimum absolute atomic E-state index is 0.0349. The van der Waals surface area contributed by atoms with Crippen LogP contribution in [0.3, 0.4) is 0 Å². The van der Waals surface area contributed by atoms with E-state index in [1.54, 1.807) is 0 Å². The zero-order chi connectivity index (χ0) is 12.9. The highest BCUT2D eigenvalue weighted by atomic mass is 16.5. The van der Waals surface area contributed by atoms with E-state index in [0.29, 0.717) is 13.0 Å². The second kappa shape index (κ2) is 11.1. The molecule has 0 unspecified atom stereocenters. The number of cyclic esters (lactones) is 1. The summed E-state index contributed by atoms with van der Waals surface area (Å²) >= 11 is 0. The van der Waals surface area contributed by atoms with Gasteiger partial charge in [0, 0.05) is 19.3 Å². The Bertz CT molecular complexity index is 273. The van der Waals surface area contributed by atoms with Gasteiger partial charge < -0.3 is 4.74 Å². The molecule has 102 valence electrons. The molecule has 2 nitrogen and oxygen atoms in total. The molecule has 1 rings (SSSR count). The largest absolute Gasteiger partial charge is 0.466 e. The minimum atomic E-state index is -0.0349. The van der Waals surface area contributed by atoms with Crippen molar-refractivity contribution in [2.45, 2.75) is 77.0 Å². The van der Waals surface area contributed by atoms with Crippen molar-refractivity contribution >= 4 is 5.97 Å². The summed E-state index contributed by atoms with van der Waals surface area (Å²) in [5.41, 5.74) is 0. The van der Waals surface area contributed by atoms with Crippen LogP contribution in [0.25, 0.3) is 0 Å². The molecule has 0 saturated carbocycles. The van der Waals surface area contributed by atoms with Crippen molar-refractivity contribution in [1.82, 2.24) is 0 Å². The first-order valence-electron chi connectivity index (χ1n) is 7.51. The summed E-state index contributed by atoms with van der Waals surface area (Å²) in [5, 5.41) is 0. The first-order valence-corrected chi connectivity index (χ1v) is 7.51. The molecule has 0 amide bonds. The van der Waals surface area contributed by atoms with E-state index in [-0.39, 0.29) is 5.97 Å². The molecule has 0 aliphatic carbocycles. The fraction of sp³-hybridized carbons (Fsp3) is 0.812. The molecule has 2 heteroatoms. The third kappa shape index (κ3) is 9.10. The molecule has 18 heavy (non-hydrogen) atoms. The number of ether oxygens (including phenoxy) is 1. The average molecular weight is 250 g/mol. The van der Waals surface area contributed by atoms with Crippen molar-refractivity contribution in [3.63, 3.8) is 0 Å². The minimum Gasteiger partial charge on any atom is -0.466 e. The third-order valence-corrected chi connectivity index (χ3v) is 3.27. The lowest BCUT2D eigenvalue weighted by atomic mass is 10.1. The highest BCUT2D eigenvalue weighted by molar-refractivity contribution is 5.69. The van der Waals surface area contributed by atoms with Gasteiger partial charge in [-0.25, -0.2) is 0 Å². The Balaban J connectivity index is 2.20. The Kier molecular flexibility index (Phi) is 9.34. The predicted molar refractivity (Wildman–Crippen MR) is 74.1 cm³/mol. The second-order valence-electron chi connectivity index (χ2n) is 5.01. The maximum absolute atomic E-state index is 11.4. The van der Waals surface area contributed by atoms with E-state index in [2.05, 4.69) is 11.8 Å². The van der Waals surface area contributed by atoms with E-state index in [4.69, 9.17) is 4.74 Å². The van der Waals surface area contributed by atoms with Crippen LogP contribution in [0.5, 0.6) is 0 Å². The van der Waals surface area contributed by atoms with Crippen LogP contribution in [-0.4, -0.2) is 12.6 Å². The normalized spacial score (nSPS) is 21.2. The Morgan fingerprint density at radius 1 is 0.722 bits per heavy atom. The van der Waals surface area contributed by atoms with Crippen molar-refractivity contribution in [1.29, 1.82) is 0 Å². The zero-order valence-electron chi connectivity index (χ0n) is 11.5. The lowest BCUT2D eigenvalue weighted by molar-refractivity contribution is -0.143. The van der Waals surface area contributed by atoms with E-state index in [1.165, 1.54) is 38.5 Å². The summed E-state index contributed by atoms with van der Waals surface area (Å²) in [6.07, 6.45) is 13.3. The number of carbonyl (C=O) groups is 1. The number of rotatable bonds is 0. The molecule has 0 fully saturated rings. The fourth-order valence-electron chi connectivity index (χ4n) is 2.14. The van der Waals surface area contributed by atoms with Crippen LogP contribution >= 0.6 is 0 Å². The highest BCUT2D eigenvalue weighted by Gasteiger charge is 2.02. The molecule has 1 aliphatic rings. The maximum atomic E-state index is 11.4. The van der Waals surface area contributed by atoms with Gasteiger partial charge in [0.05, 0.1) is 6.61 Å². The van der Waals surface area contributed by atoms with Gasteiger partial charge in [-0.2, -0.15) is 0 Å². The van der Waals surface area contributed by atoms with Gasteiger partial charge >= 0.3 is 5.97 Å². The molecule has 0 atom stereocenters. The Labute approximate surface area is 111 Å². The van der Waals surface area contributed by atoms with Crippen LogP contribution in [0, 0.1) is 11.8 Å². The molecule has 0 aromatic rings. The zero-order valence-corrected chi connectivity index (χ0v) is 11.5. The van der Waals surface area contributed by atoms with Gasteiger partial charge in [0.15, 0.2) is 0 Å². The molecule has 0 radical (unpaired) electrons. The number of hydrogen-bond acceptors (Lipinski definition) is 2. The van der Waals surface area contributed by atoms with Crippen LogP contribution < -0.4 is 0 Å². The van der Waals surface area contributed by atoms with Gasteiger partial charge in [0.25, 0.3) is 0 Å². The number of hydrogen-bond donors (Lipinski definition) is 0. The molecular weight excluding hydrogens is 224 g/mol. The van der Waals surface area contributed by atoms with Gasteiger partial charge in [0.2, 0.25) is 0 Å². The summed E-state index contributed by atoms with van der Waals surface area (Å²) in [6, 6.07) is 0. The average Bonchev–Trinajstić information content (AvgIpc) is 2.37. The van der Waals surface area contributed by atoms with Crippen LogP contribution in [0.2, 0.25) is 0 Å². The molecule has 0 N–H and O–H groups in total. The number of esters is 1. The second-order valence-corrected chi connectivity index (χ2v) is 5.01. The third-order valence-electron chi connectivity index (χ3n) is 3.27. The Morgan fingerprint density at radius 2 is 1.28 bits per heavy atom. The van der Waals surface area contributed by atoms with Crippen molar-refractivity contribution in [3.05, 3.63) is 0 Å². The summed E-state index contributed by atoms with van der Waals surface area (Å²) in [5.74, 6) is 6.32. The summed E-state index contributed by atoms with van der Waals surface area (Å²) < 4.78 is 5.16. The highest BCUT2D eigenvalue weighted by Crippen LogP contribution is 2.11. The van der Waals surface area contributed by atoms with E-state index in [0.717, 1.165) is 32.1 Å². The van der Waals surface area contributed by atoms with E-state index >= 15 is 0 Å². The molecule has 0 aromatic heterocycles. The van der Waals surface area contributed by atoms with Crippen molar-refractivity contribution in [2.75, 3.05) is 6.61 Å². The fourth-order valence-corrected chi connectivity index (χ4v) is 2.14. The monoisotopic (exact) mass is 250 g/mol. The van der Waals surface area contributed by atoms with Gasteiger partial charge in [-0.1, -0.05) is 38.5 Å². The molecule has 0 aromatic carbocycles. The predicted octanol–water partition coefficient (Wildman–Crippen LogP) is 4.23. The van der Waals surface area contributed by atoms with Gasteiger partial charge in [-0.15, -0.1) is 11.8 Å². The molecule has 1 heterocycles. The topological polar surface area (TPSA) is 26.3 Å². The molecule has 1 aliphatic heterocycles. The van der Waals surface area contributed by atoms with Crippen molar-refractivity contribution in [3.8, 4) is 11.8 Å². The molecule has 0 saturated heterocycles. The first-order chi connectivity index (χ1) is 8.89. The quantitative estimate of drug-likeness (QED) is 0.475. The molecule has 0 spiro atoms. The standard InChI is InChI=1S/C16H26O2/c17-16-14-12-10-8-6-4-2-1-3-5-7-9-11-13-15-18-16/h1-6,8,10-15H2. The van der Waals surface area contributed by atoms with Crippen molar-refractivity contribution < 1.29 is 9.53 Å².